The van der Waals surface area contributed by atoms with Crippen LogP contribution >= 0.6 is 0 Å². The number of nitrogens with zero attached hydrogens (tertiary/aromatic N) is 6. The van der Waals surface area contributed by atoms with E-state index in [0.717, 1.165) is 18.5 Å². The van der Waals surface area contributed by atoms with Gasteiger partial charge in [0.2, 0.25) is 10.0 Å². The monoisotopic (exact) mass is 460 g/mol. The Kier molecular flexibility index (Phi) is 5.27. The quantitative estimate of drug-likeness (QED) is 0.566. The normalized spacial score (nSPS) is 19.3. The standard InChI is InChI=1S/C19H17FN6O5S/c1-10-8-25(32(30,31)12-6-22-19(29)23-7-12)9-17(10)26-16-3-14(20)11(5-21)2-13(16)15(24-26)4-18(27)28/h2-3,6-7,10,17H,4,8-9H2,1H3,(H,27,28)(H,22,23,29)/t10-,17+/m1/s1. The van der Waals surface area contributed by atoms with E-state index in [2.05, 4.69) is 15.1 Å². The first-order valence-corrected chi connectivity index (χ1v) is 10.9. The number of fused-ring (bicyclic) bond motifs is 1. The maximum atomic E-state index is 14.4. The zero-order valence-electron chi connectivity index (χ0n) is 16.7. The van der Waals surface area contributed by atoms with Crippen molar-refractivity contribution < 1.29 is 27.8 Å². The molecule has 4 rings (SSSR count). The summed E-state index contributed by atoms with van der Waals surface area (Å²) in [7, 11) is -3.97. The lowest BCUT2D eigenvalue weighted by molar-refractivity contribution is -0.136. The highest BCUT2D eigenvalue weighted by Crippen LogP contribution is 2.35. The summed E-state index contributed by atoms with van der Waals surface area (Å²) in [5, 5.41) is 32.2. The summed E-state index contributed by atoms with van der Waals surface area (Å²) in [4.78, 5) is 18.1. The molecule has 0 amide bonds. The van der Waals surface area contributed by atoms with Gasteiger partial charge in [-0.05, 0) is 12.0 Å². The van der Waals surface area contributed by atoms with Gasteiger partial charge in [-0.1, -0.05) is 6.92 Å². The van der Waals surface area contributed by atoms with Crippen LogP contribution in [0.5, 0.6) is 6.01 Å². The number of carboxylic acids is 1. The fourth-order valence-corrected chi connectivity index (χ4v) is 5.30. The van der Waals surface area contributed by atoms with Gasteiger partial charge in [-0.15, -0.1) is 0 Å². The van der Waals surface area contributed by atoms with Crippen LogP contribution in [0.3, 0.4) is 0 Å². The van der Waals surface area contributed by atoms with Crippen molar-refractivity contribution in [3.8, 4) is 12.1 Å². The van der Waals surface area contributed by atoms with E-state index in [1.165, 1.54) is 15.1 Å². The molecule has 2 aromatic heterocycles. The van der Waals surface area contributed by atoms with Crippen molar-refractivity contribution in [2.75, 3.05) is 13.1 Å². The van der Waals surface area contributed by atoms with Crippen LogP contribution in [-0.4, -0.2) is 61.7 Å². The number of hydrogen-bond acceptors (Lipinski definition) is 8. The van der Waals surface area contributed by atoms with Gasteiger partial charge in [-0.25, -0.2) is 22.8 Å². The Morgan fingerprint density at radius 1 is 1.31 bits per heavy atom. The summed E-state index contributed by atoms with van der Waals surface area (Å²) in [5.74, 6) is -2.17. The lowest BCUT2D eigenvalue weighted by Crippen LogP contribution is -2.29. The average molecular weight is 460 g/mol. The molecule has 0 aliphatic carbocycles. The van der Waals surface area contributed by atoms with E-state index >= 15 is 0 Å². The molecule has 3 aromatic rings. The van der Waals surface area contributed by atoms with Crippen molar-refractivity contribution in [2.45, 2.75) is 24.3 Å². The second kappa shape index (κ2) is 7.81. The topological polar surface area (TPSA) is 162 Å². The molecule has 1 fully saturated rings. The highest BCUT2D eigenvalue weighted by Gasteiger charge is 2.40. The molecule has 0 radical (unpaired) electrons. The molecule has 0 saturated carbocycles. The number of benzene rings is 1. The molecule has 3 heterocycles. The lowest BCUT2D eigenvalue weighted by Gasteiger charge is -2.17. The van der Waals surface area contributed by atoms with E-state index in [4.69, 9.17) is 5.26 Å². The van der Waals surface area contributed by atoms with Crippen molar-refractivity contribution in [3.63, 3.8) is 0 Å². The number of carbonyl (C=O) groups is 1. The molecule has 1 aliphatic rings. The number of sulfonamides is 1. The van der Waals surface area contributed by atoms with Crippen LogP contribution in [0.2, 0.25) is 0 Å². The molecule has 2 atom stereocenters. The predicted molar refractivity (Wildman–Crippen MR) is 106 cm³/mol. The number of nitriles is 1. The highest BCUT2D eigenvalue weighted by atomic mass is 32.2. The average Bonchev–Trinajstić information content (AvgIpc) is 3.28. The van der Waals surface area contributed by atoms with Crippen molar-refractivity contribution in [3.05, 3.63) is 41.6 Å². The van der Waals surface area contributed by atoms with Crippen LogP contribution in [0, 0.1) is 23.1 Å². The van der Waals surface area contributed by atoms with Crippen LogP contribution in [0.15, 0.2) is 29.4 Å². The van der Waals surface area contributed by atoms with Gasteiger partial charge in [0.1, 0.15) is 16.8 Å². The Bertz CT molecular complexity index is 1370. The summed E-state index contributed by atoms with van der Waals surface area (Å²) in [5.41, 5.74) is 0.200. The third kappa shape index (κ3) is 3.63. The van der Waals surface area contributed by atoms with Crippen molar-refractivity contribution in [1.82, 2.24) is 24.1 Å². The third-order valence-corrected chi connectivity index (χ3v) is 7.20. The van der Waals surface area contributed by atoms with E-state index in [1.54, 1.807) is 13.0 Å². The van der Waals surface area contributed by atoms with Crippen LogP contribution < -0.4 is 0 Å². The zero-order chi connectivity index (χ0) is 23.2. The Labute approximate surface area is 181 Å². The lowest BCUT2D eigenvalue weighted by atomic mass is 10.1. The smallest absolute Gasteiger partial charge is 0.313 e. The van der Waals surface area contributed by atoms with E-state index in [9.17, 15) is 27.8 Å². The third-order valence-electron chi connectivity index (χ3n) is 5.42. The van der Waals surface area contributed by atoms with Gasteiger partial charge in [-0.2, -0.15) is 14.7 Å². The summed E-state index contributed by atoms with van der Waals surface area (Å²) in [6.45, 7) is 1.93. The van der Waals surface area contributed by atoms with Gasteiger partial charge in [-0.3, -0.25) is 9.48 Å². The molecule has 0 unspecified atom stereocenters. The number of hydrogen-bond donors (Lipinski definition) is 2. The number of rotatable bonds is 5. The van der Waals surface area contributed by atoms with Crippen molar-refractivity contribution >= 4 is 26.9 Å². The van der Waals surface area contributed by atoms with E-state index in [-0.39, 0.29) is 40.7 Å². The highest BCUT2D eigenvalue weighted by molar-refractivity contribution is 7.89. The second-order valence-corrected chi connectivity index (χ2v) is 9.45. The van der Waals surface area contributed by atoms with E-state index < -0.39 is 40.3 Å². The van der Waals surface area contributed by atoms with E-state index in [0.29, 0.717) is 5.39 Å². The van der Waals surface area contributed by atoms with Gasteiger partial charge in [0.15, 0.2) is 0 Å². The molecule has 0 bridgehead atoms. The maximum absolute atomic E-state index is 14.4. The van der Waals surface area contributed by atoms with Gasteiger partial charge in [0.25, 0.3) is 0 Å². The molecule has 32 heavy (non-hydrogen) atoms. The molecule has 0 spiro atoms. The molecule has 13 heteroatoms. The molecule has 1 saturated heterocycles. The Hall–Kier alpha value is -3.63. The van der Waals surface area contributed by atoms with Crippen LogP contribution in [0.4, 0.5) is 4.39 Å². The van der Waals surface area contributed by atoms with Gasteiger partial charge in [0.05, 0.1) is 41.6 Å². The minimum atomic E-state index is -3.97. The molecule has 166 valence electrons. The van der Waals surface area contributed by atoms with E-state index in [1.807, 2.05) is 0 Å². The molecular formula is C19H17FN6O5S. The number of aliphatic carboxylic acids is 1. The minimum absolute atomic E-state index is 0.00467. The van der Waals surface area contributed by atoms with Crippen LogP contribution in [0.1, 0.15) is 24.2 Å². The Morgan fingerprint density at radius 2 is 2.00 bits per heavy atom. The van der Waals surface area contributed by atoms with Crippen LogP contribution in [0.25, 0.3) is 10.9 Å². The Balaban J connectivity index is 1.76. The Morgan fingerprint density at radius 3 is 2.62 bits per heavy atom. The molecule has 11 nitrogen and oxygen atoms in total. The van der Waals surface area contributed by atoms with Crippen molar-refractivity contribution in [2.24, 2.45) is 5.92 Å². The number of aromatic nitrogens is 4. The van der Waals surface area contributed by atoms with Gasteiger partial charge >= 0.3 is 12.0 Å². The summed E-state index contributed by atoms with van der Waals surface area (Å²) < 4.78 is 43.0. The fraction of sp³-hybridized carbons (Fsp3) is 0.316. The number of aromatic hydroxyl groups is 1. The van der Waals surface area contributed by atoms with Crippen LogP contribution in [-0.2, 0) is 21.2 Å². The van der Waals surface area contributed by atoms with Gasteiger partial charge in [0, 0.05) is 24.5 Å². The van der Waals surface area contributed by atoms with Crippen molar-refractivity contribution in [1.29, 1.82) is 5.26 Å². The first-order valence-electron chi connectivity index (χ1n) is 9.45. The summed E-state index contributed by atoms with van der Waals surface area (Å²) >= 11 is 0. The predicted octanol–water partition coefficient (Wildman–Crippen LogP) is 1.05. The minimum Gasteiger partial charge on any atom is -0.481 e. The van der Waals surface area contributed by atoms with Gasteiger partial charge < -0.3 is 10.2 Å². The molecule has 1 aliphatic heterocycles. The molecule has 2 N–H and O–H groups in total. The second-order valence-electron chi connectivity index (χ2n) is 7.51. The first-order chi connectivity index (χ1) is 15.1. The fourth-order valence-electron chi connectivity index (χ4n) is 3.85. The largest absolute Gasteiger partial charge is 0.481 e. The zero-order valence-corrected chi connectivity index (χ0v) is 17.5. The first kappa shape index (κ1) is 21.6. The number of carboxylic acid groups (broad SMARTS) is 1. The summed E-state index contributed by atoms with van der Waals surface area (Å²) in [6.07, 6.45) is 1.57. The number of halogens is 1. The summed E-state index contributed by atoms with van der Waals surface area (Å²) in [6, 6.07) is 3.04. The molecule has 1 aromatic carbocycles. The molecular weight excluding hydrogens is 443 g/mol. The SMILES string of the molecule is C[C@@H]1CN(S(=O)(=O)c2cnc(O)nc2)C[C@@H]1n1nc(CC(=O)O)c2cc(C#N)c(F)cc21. The maximum Gasteiger partial charge on any atom is 0.313 e.